The molecule has 3 rings (SSSR count). The van der Waals surface area contributed by atoms with Crippen LogP contribution in [0.15, 0.2) is 65.8 Å². The van der Waals surface area contributed by atoms with Gasteiger partial charge in [0.15, 0.2) is 0 Å². The summed E-state index contributed by atoms with van der Waals surface area (Å²) in [6, 6.07) is 19.7. The van der Waals surface area contributed by atoms with Crippen LogP contribution in [0, 0.1) is 6.92 Å². The van der Waals surface area contributed by atoms with E-state index in [9.17, 15) is 4.79 Å². The zero-order valence-electron chi connectivity index (χ0n) is 14.8. The zero-order valence-corrected chi connectivity index (χ0v) is 14.8. The number of carbonyl (C=O) groups is 1. The van der Waals surface area contributed by atoms with Gasteiger partial charge in [-0.1, -0.05) is 35.9 Å². The van der Waals surface area contributed by atoms with Gasteiger partial charge in [-0.25, -0.2) is 5.43 Å². The highest BCUT2D eigenvalue weighted by Gasteiger charge is 2.00. The molecule has 0 unspecified atom stereocenters. The number of ether oxygens (including phenoxy) is 1. The number of hydrogen-bond acceptors (Lipinski definition) is 4. The third kappa shape index (κ3) is 4.60. The molecule has 26 heavy (non-hydrogen) atoms. The third-order valence-electron chi connectivity index (χ3n) is 3.98. The van der Waals surface area contributed by atoms with E-state index in [4.69, 9.17) is 4.74 Å². The Labute approximate surface area is 152 Å². The fourth-order valence-corrected chi connectivity index (χ4v) is 2.52. The molecule has 0 spiro atoms. The SMILES string of the molecule is COc1ccc2cc(/C=N\NC(=O)CNc3ccc(C)cc3)ccc2c1. The largest absolute Gasteiger partial charge is 0.497 e. The van der Waals surface area contributed by atoms with E-state index >= 15 is 0 Å². The second-order valence-electron chi connectivity index (χ2n) is 5.99. The van der Waals surface area contributed by atoms with Crippen molar-refractivity contribution in [3.8, 4) is 5.75 Å². The van der Waals surface area contributed by atoms with Crippen LogP contribution < -0.4 is 15.5 Å². The monoisotopic (exact) mass is 347 g/mol. The second-order valence-corrected chi connectivity index (χ2v) is 5.99. The van der Waals surface area contributed by atoms with Gasteiger partial charge in [-0.15, -0.1) is 0 Å². The third-order valence-corrected chi connectivity index (χ3v) is 3.98. The number of carbonyl (C=O) groups excluding carboxylic acids is 1. The number of nitrogens with zero attached hydrogens (tertiary/aromatic N) is 1. The fraction of sp³-hybridized carbons (Fsp3) is 0.143. The van der Waals surface area contributed by atoms with Crippen LogP contribution in [0.25, 0.3) is 10.8 Å². The molecule has 0 aliphatic carbocycles. The van der Waals surface area contributed by atoms with Crippen molar-refractivity contribution in [3.63, 3.8) is 0 Å². The maximum atomic E-state index is 11.9. The summed E-state index contributed by atoms with van der Waals surface area (Å²) < 4.78 is 5.22. The Morgan fingerprint density at radius 2 is 1.77 bits per heavy atom. The predicted octanol–water partition coefficient (Wildman–Crippen LogP) is 3.72. The minimum Gasteiger partial charge on any atom is -0.497 e. The average Bonchev–Trinajstić information content (AvgIpc) is 2.67. The summed E-state index contributed by atoms with van der Waals surface area (Å²) in [5, 5.41) is 9.25. The van der Waals surface area contributed by atoms with Crippen LogP contribution in [0.1, 0.15) is 11.1 Å². The number of benzene rings is 3. The number of rotatable bonds is 6. The number of hydrogen-bond donors (Lipinski definition) is 2. The molecular weight excluding hydrogens is 326 g/mol. The Morgan fingerprint density at radius 1 is 1.04 bits per heavy atom. The average molecular weight is 347 g/mol. The van der Waals surface area contributed by atoms with Crippen LogP contribution in [0.4, 0.5) is 5.69 Å². The molecule has 0 saturated heterocycles. The number of methoxy groups -OCH3 is 1. The smallest absolute Gasteiger partial charge is 0.259 e. The second kappa shape index (κ2) is 8.16. The molecule has 3 aromatic carbocycles. The Bertz CT molecular complexity index is 934. The topological polar surface area (TPSA) is 62.7 Å². The Kier molecular flexibility index (Phi) is 5.49. The minimum atomic E-state index is -0.202. The van der Waals surface area contributed by atoms with Gasteiger partial charge in [-0.05, 0) is 53.6 Å². The van der Waals surface area contributed by atoms with Crippen molar-refractivity contribution in [2.45, 2.75) is 6.92 Å². The molecule has 0 saturated carbocycles. The van der Waals surface area contributed by atoms with Crippen LogP contribution in [-0.4, -0.2) is 25.8 Å². The van der Waals surface area contributed by atoms with Gasteiger partial charge >= 0.3 is 0 Å². The number of nitrogens with one attached hydrogen (secondary N) is 2. The molecular formula is C21H21N3O2. The lowest BCUT2D eigenvalue weighted by molar-refractivity contribution is -0.119. The van der Waals surface area contributed by atoms with E-state index in [2.05, 4.69) is 15.8 Å². The first-order chi connectivity index (χ1) is 12.6. The van der Waals surface area contributed by atoms with Crippen LogP contribution in [0.2, 0.25) is 0 Å². The normalized spacial score (nSPS) is 10.8. The Hall–Kier alpha value is -3.34. The molecule has 0 radical (unpaired) electrons. The van der Waals surface area contributed by atoms with Gasteiger partial charge in [0, 0.05) is 5.69 Å². The summed E-state index contributed by atoms with van der Waals surface area (Å²) >= 11 is 0. The van der Waals surface area contributed by atoms with E-state index in [0.717, 1.165) is 27.8 Å². The standard InChI is InChI=1S/C21H21N3O2/c1-15-3-8-19(9-4-15)22-14-21(25)24-23-13-16-5-6-18-12-20(26-2)10-7-17(18)11-16/h3-13,22H,14H2,1-2H3,(H,24,25)/b23-13-. The first kappa shape index (κ1) is 17.5. The van der Waals surface area contributed by atoms with Crippen LogP contribution in [-0.2, 0) is 4.79 Å². The van der Waals surface area contributed by atoms with E-state index < -0.39 is 0 Å². The van der Waals surface area contributed by atoms with Gasteiger partial charge in [0.2, 0.25) is 0 Å². The van der Waals surface area contributed by atoms with Gasteiger partial charge in [0.1, 0.15) is 5.75 Å². The van der Waals surface area contributed by atoms with Crippen molar-refractivity contribution in [1.82, 2.24) is 5.43 Å². The molecule has 0 atom stereocenters. The fourth-order valence-electron chi connectivity index (χ4n) is 2.52. The van der Waals surface area contributed by atoms with Crippen molar-refractivity contribution in [1.29, 1.82) is 0 Å². The van der Waals surface area contributed by atoms with E-state index in [-0.39, 0.29) is 12.5 Å². The van der Waals surface area contributed by atoms with Crippen molar-refractivity contribution < 1.29 is 9.53 Å². The highest BCUT2D eigenvalue weighted by Crippen LogP contribution is 2.21. The van der Waals surface area contributed by atoms with E-state index in [1.54, 1.807) is 13.3 Å². The molecule has 5 heteroatoms. The summed E-state index contributed by atoms with van der Waals surface area (Å²) in [7, 11) is 1.65. The highest BCUT2D eigenvalue weighted by molar-refractivity contribution is 5.91. The lowest BCUT2D eigenvalue weighted by Crippen LogP contribution is -2.25. The lowest BCUT2D eigenvalue weighted by atomic mass is 10.1. The molecule has 0 heterocycles. The Balaban J connectivity index is 1.55. The summed E-state index contributed by atoms with van der Waals surface area (Å²) in [4.78, 5) is 11.9. The first-order valence-corrected chi connectivity index (χ1v) is 8.34. The first-order valence-electron chi connectivity index (χ1n) is 8.34. The van der Waals surface area contributed by atoms with E-state index in [1.165, 1.54) is 5.56 Å². The quantitative estimate of drug-likeness (QED) is 0.528. The maximum absolute atomic E-state index is 11.9. The summed E-state index contributed by atoms with van der Waals surface area (Å²) in [6.07, 6.45) is 1.63. The van der Waals surface area contributed by atoms with Crippen molar-refractivity contribution in [2.24, 2.45) is 5.10 Å². The van der Waals surface area contributed by atoms with Crippen molar-refractivity contribution >= 4 is 28.6 Å². The zero-order chi connectivity index (χ0) is 18.4. The van der Waals surface area contributed by atoms with Gasteiger partial charge < -0.3 is 10.1 Å². The predicted molar refractivity (Wildman–Crippen MR) is 106 cm³/mol. The van der Waals surface area contributed by atoms with Gasteiger partial charge in [-0.3, -0.25) is 4.79 Å². The lowest BCUT2D eigenvalue weighted by Gasteiger charge is -2.05. The van der Waals surface area contributed by atoms with Crippen molar-refractivity contribution in [2.75, 3.05) is 19.0 Å². The molecule has 0 fully saturated rings. The molecule has 1 amide bonds. The van der Waals surface area contributed by atoms with Gasteiger partial charge in [0.05, 0.1) is 19.9 Å². The number of amides is 1. The van der Waals surface area contributed by atoms with Crippen molar-refractivity contribution in [3.05, 3.63) is 71.8 Å². The van der Waals surface area contributed by atoms with Crippen LogP contribution in [0.5, 0.6) is 5.75 Å². The number of anilines is 1. The van der Waals surface area contributed by atoms with Crippen LogP contribution in [0.3, 0.4) is 0 Å². The van der Waals surface area contributed by atoms with Crippen LogP contribution >= 0.6 is 0 Å². The maximum Gasteiger partial charge on any atom is 0.259 e. The molecule has 132 valence electrons. The summed E-state index contributed by atoms with van der Waals surface area (Å²) in [5.41, 5.74) is 5.52. The summed E-state index contributed by atoms with van der Waals surface area (Å²) in [5.74, 6) is 0.625. The molecule has 5 nitrogen and oxygen atoms in total. The number of aryl methyl sites for hydroxylation is 1. The molecule has 0 aliphatic rings. The molecule has 0 aliphatic heterocycles. The number of fused-ring (bicyclic) bond motifs is 1. The summed E-state index contributed by atoms with van der Waals surface area (Å²) in [6.45, 7) is 2.19. The Morgan fingerprint density at radius 3 is 2.54 bits per heavy atom. The van der Waals surface area contributed by atoms with E-state index in [1.807, 2.05) is 67.6 Å². The van der Waals surface area contributed by atoms with Gasteiger partial charge in [0.25, 0.3) is 5.91 Å². The minimum absolute atomic E-state index is 0.165. The molecule has 0 aromatic heterocycles. The highest BCUT2D eigenvalue weighted by atomic mass is 16.5. The molecule has 3 aromatic rings. The van der Waals surface area contributed by atoms with E-state index in [0.29, 0.717) is 0 Å². The molecule has 2 N–H and O–H groups in total. The molecule has 0 bridgehead atoms. The van der Waals surface area contributed by atoms with Gasteiger partial charge in [-0.2, -0.15) is 5.10 Å². The number of hydrazone groups is 1.